The van der Waals surface area contributed by atoms with E-state index < -0.39 is 6.10 Å². The fourth-order valence-electron chi connectivity index (χ4n) is 4.06. The van der Waals surface area contributed by atoms with Crippen LogP contribution in [-0.2, 0) is 0 Å². The maximum atomic E-state index is 10.3. The van der Waals surface area contributed by atoms with E-state index in [0.717, 1.165) is 30.4 Å². The lowest BCUT2D eigenvalue weighted by Crippen LogP contribution is -2.42. The Bertz CT molecular complexity index is 464. The van der Waals surface area contributed by atoms with Crippen LogP contribution in [0.2, 0.25) is 5.02 Å². The largest absolute Gasteiger partial charge is 0.388 e. The Kier molecular flexibility index (Phi) is 5.20. The fraction of sp³-hybridized carbons (Fsp3) is 0.667. The highest BCUT2D eigenvalue weighted by Gasteiger charge is 2.30. The summed E-state index contributed by atoms with van der Waals surface area (Å²) in [5, 5.41) is 11.0. The van der Waals surface area contributed by atoms with Gasteiger partial charge in [-0.25, -0.2) is 0 Å². The van der Waals surface area contributed by atoms with Crippen molar-refractivity contribution in [2.75, 3.05) is 19.6 Å². The van der Waals surface area contributed by atoms with Crippen molar-refractivity contribution in [2.45, 2.75) is 44.6 Å². The average Bonchev–Trinajstić information content (AvgIpc) is 2.52. The van der Waals surface area contributed by atoms with Crippen molar-refractivity contribution in [3.63, 3.8) is 0 Å². The summed E-state index contributed by atoms with van der Waals surface area (Å²) in [7, 11) is 0. The van der Waals surface area contributed by atoms with Gasteiger partial charge in [0.25, 0.3) is 0 Å². The predicted octanol–water partition coefficient (Wildman–Crippen LogP) is 4.28. The summed E-state index contributed by atoms with van der Waals surface area (Å²) in [5.41, 5.74) is 0.940. The van der Waals surface area contributed by atoms with Crippen LogP contribution in [0.1, 0.15) is 50.2 Å². The van der Waals surface area contributed by atoms with E-state index in [1.54, 1.807) is 0 Å². The van der Waals surface area contributed by atoms with Crippen LogP contribution in [0.25, 0.3) is 0 Å². The average molecular weight is 308 g/mol. The zero-order chi connectivity index (χ0) is 14.7. The minimum atomic E-state index is -0.396. The molecule has 1 aromatic carbocycles. The summed E-state index contributed by atoms with van der Waals surface area (Å²) in [5.74, 6) is 1.89. The maximum absolute atomic E-state index is 10.3. The van der Waals surface area contributed by atoms with E-state index >= 15 is 0 Å². The molecule has 0 spiro atoms. The van der Waals surface area contributed by atoms with E-state index in [9.17, 15) is 5.11 Å². The van der Waals surface area contributed by atoms with Crippen molar-refractivity contribution in [2.24, 2.45) is 11.8 Å². The molecule has 0 aromatic heterocycles. The number of piperidine rings is 1. The van der Waals surface area contributed by atoms with E-state index in [2.05, 4.69) is 4.90 Å². The molecule has 116 valence electrons. The Hall–Kier alpha value is -0.570. The second-order valence-corrected chi connectivity index (χ2v) is 7.19. The van der Waals surface area contributed by atoms with Gasteiger partial charge >= 0.3 is 0 Å². The zero-order valence-electron chi connectivity index (χ0n) is 12.7. The molecule has 1 aromatic rings. The molecular formula is C18H26ClNO. The van der Waals surface area contributed by atoms with Crippen LogP contribution < -0.4 is 0 Å². The molecule has 1 saturated carbocycles. The van der Waals surface area contributed by atoms with Crippen LogP contribution in [0.4, 0.5) is 0 Å². The Morgan fingerprint density at radius 1 is 1.19 bits per heavy atom. The second kappa shape index (κ2) is 7.13. The molecule has 0 radical (unpaired) electrons. The third-order valence-corrected chi connectivity index (χ3v) is 5.56. The molecule has 2 fully saturated rings. The SMILES string of the molecule is OC(CCN1CCC2CCCCC2C1)c1cccc(Cl)c1. The van der Waals surface area contributed by atoms with Gasteiger partial charge in [-0.05, 0) is 55.3 Å². The van der Waals surface area contributed by atoms with Gasteiger partial charge in [0.1, 0.15) is 0 Å². The molecule has 3 heteroatoms. The Morgan fingerprint density at radius 3 is 2.81 bits per heavy atom. The lowest BCUT2D eigenvalue weighted by Gasteiger charge is -2.41. The molecule has 3 rings (SSSR count). The molecule has 1 N–H and O–H groups in total. The minimum absolute atomic E-state index is 0.396. The normalized spacial score (nSPS) is 28.1. The fourth-order valence-corrected chi connectivity index (χ4v) is 4.26. The smallest absolute Gasteiger partial charge is 0.0802 e. The summed E-state index contributed by atoms with van der Waals surface area (Å²) in [6.45, 7) is 3.45. The van der Waals surface area contributed by atoms with Crippen LogP contribution in [0, 0.1) is 11.8 Å². The minimum Gasteiger partial charge on any atom is -0.388 e. The Labute approximate surface area is 133 Å². The predicted molar refractivity (Wildman–Crippen MR) is 87.5 cm³/mol. The summed E-state index contributed by atoms with van der Waals surface area (Å²) >= 11 is 5.99. The number of benzene rings is 1. The molecule has 0 amide bonds. The van der Waals surface area contributed by atoms with Gasteiger partial charge in [0.15, 0.2) is 0 Å². The molecule has 1 aliphatic carbocycles. The van der Waals surface area contributed by atoms with Gasteiger partial charge in [0, 0.05) is 18.1 Å². The lowest BCUT2D eigenvalue weighted by molar-refractivity contribution is 0.0705. The van der Waals surface area contributed by atoms with Crippen LogP contribution in [0.3, 0.4) is 0 Å². The quantitative estimate of drug-likeness (QED) is 0.897. The van der Waals surface area contributed by atoms with Crippen LogP contribution in [-0.4, -0.2) is 29.6 Å². The van der Waals surface area contributed by atoms with Crippen LogP contribution >= 0.6 is 11.6 Å². The molecule has 2 nitrogen and oxygen atoms in total. The van der Waals surface area contributed by atoms with E-state index in [1.807, 2.05) is 24.3 Å². The van der Waals surface area contributed by atoms with E-state index in [1.165, 1.54) is 45.2 Å². The molecule has 1 aliphatic heterocycles. The number of nitrogens with zero attached hydrogens (tertiary/aromatic N) is 1. The van der Waals surface area contributed by atoms with Crippen molar-refractivity contribution in [3.05, 3.63) is 34.9 Å². The number of halogens is 1. The van der Waals surface area contributed by atoms with Crippen molar-refractivity contribution in [1.82, 2.24) is 4.90 Å². The van der Waals surface area contributed by atoms with Gasteiger partial charge < -0.3 is 10.0 Å². The molecule has 1 heterocycles. The Balaban J connectivity index is 1.49. The molecule has 2 aliphatic rings. The third kappa shape index (κ3) is 4.00. The second-order valence-electron chi connectivity index (χ2n) is 6.75. The summed E-state index contributed by atoms with van der Waals surface area (Å²) in [4.78, 5) is 2.56. The number of aliphatic hydroxyl groups excluding tert-OH is 1. The topological polar surface area (TPSA) is 23.5 Å². The van der Waals surface area contributed by atoms with Gasteiger partial charge in [-0.15, -0.1) is 0 Å². The highest BCUT2D eigenvalue weighted by Crippen LogP contribution is 2.36. The first-order valence-electron chi connectivity index (χ1n) is 8.38. The molecule has 3 unspecified atom stereocenters. The number of likely N-dealkylation sites (tertiary alicyclic amines) is 1. The van der Waals surface area contributed by atoms with Gasteiger partial charge in [-0.1, -0.05) is 43.0 Å². The highest BCUT2D eigenvalue weighted by molar-refractivity contribution is 6.30. The number of aliphatic hydroxyl groups is 1. The summed E-state index contributed by atoms with van der Waals surface area (Å²) < 4.78 is 0. The number of fused-ring (bicyclic) bond motifs is 1. The number of rotatable bonds is 4. The number of hydrogen-bond donors (Lipinski definition) is 1. The zero-order valence-corrected chi connectivity index (χ0v) is 13.4. The van der Waals surface area contributed by atoms with Crippen molar-refractivity contribution >= 4 is 11.6 Å². The van der Waals surface area contributed by atoms with E-state index in [0.29, 0.717) is 5.02 Å². The molecular weight excluding hydrogens is 282 g/mol. The molecule has 0 bridgehead atoms. The van der Waals surface area contributed by atoms with E-state index in [4.69, 9.17) is 11.6 Å². The summed E-state index contributed by atoms with van der Waals surface area (Å²) in [6, 6.07) is 7.60. The first-order valence-corrected chi connectivity index (χ1v) is 8.76. The van der Waals surface area contributed by atoms with Crippen molar-refractivity contribution in [3.8, 4) is 0 Å². The lowest BCUT2D eigenvalue weighted by atomic mass is 9.75. The molecule has 3 atom stereocenters. The first kappa shape index (κ1) is 15.3. The van der Waals surface area contributed by atoms with E-state index in [-0.39, 0.29) is 0 Å². The maximum Gasteiger partial charge on any atom is 0.0802 e. The van der Waals surface area contributed by atoms with Gasteiger partial charge in [0.05, 0.1) is 6.10 Å². The summed E-state index contributed by atoms with van der Waals surface area (Å²) in [6.07, 6.45) is 7.49. The van der Waals surface area contributed by atoms with Crippen molar-refractivity contribution in [1.29, 1.82) is 0 Å². The van der Waals surface area contributed by atoms with Gasteiger partial charge in [-0.2, -0.15) is 0 Å². The van der Waals surface area contributed by atoms with Crippen molar-refractivity contribution < 1.29 is 5.11 Å². The standard InChI is InChI=1S/C18H26ClNO/c19-17-7-3-6-15(12-17)18(21)9-11-20-10-8-14-4-1-2-5-16(14)13-20/h3,6-7,12,14,16,18,21H,1-2,4-5,8-11,13H2. The highest BCUT2D eigenvalue weighted by atomic mass is 35.5. The molecule has 1 saturated heterocycles. The van der Waals surface area contributed by atoms with Gasteiger partial charge in [-0.3, -0.25) is 0 Å². The Morgan fingerprint density at radius 2 is 2.00 bits per heavy atom. The van der Waals surface area contributed by atoms with Gasteiger partial charge in [0.2, 0.25) is 0 Å². The first-order chi connectivity index (χ1) is 10.2. The number of hydrogen-bond acceptors (Lipinski definition) is 2. The third-order valence-electron chi connectivity index (χ3n) is 5.33. The van der Waals surface area contributed by atoms with Crippen LogP contribution in [0.5, 0.6) is 0 Å². The monoisotopic (exact) mass is 307 g/mol. The van der Waals surface area contributed by atoms with Crippen LogP contribution in [0.15, 0.2) is 24.3 Å². The molecule has 21 heavy (non-hydrogen) atoms.